The third-order valence-electron chi connectivity index (χ3n) is 3.55. The molecule has 0 spiro atoms. The van der Waals surface area contributed by atoms with Crippen LogP contribution in [0, 0.1) is 17.6 Å². The van der Waals surface area contributed by atoms with Crippen molar-refractivity contribution in [3.63, 3.8) is 0 Å². The summed E-state index contributed by atoms with van der Waals surface area (Å²) in [4.78, 5) is 15.3. The summed E-state index contributed by atoms with van der Waals surface area (Å²) in [5, 5.41) is 9.02. The molecule has 0 amide bonds. The first-order valence-corrected chi connectivity index (χ1v) is 6.29. The Labute approximate surface area is 113 Å². The van der Waals surface area contributed by atoms with Gasteiger partial charge in [0, 0.05) is 24.7 Å². The highest BCUT2D eigenvalue weighted by molar-refractivity contribution is 5.70. The number of imidazole rings is 1. The monoisotopic (exact) mass is 278 g/mol. The first-order valence-electron chi connectivity index (χ1n) is 6.29. The third kappa shape index (κ3) is 2.17. The molecule has 0 bridgehead atoms. The Morgan fingerprint density at radius 2 is 2.20 bits per heavy atom. The number of carbonyl (C=O) groups is 1. The normalized spacial score (nSPS) is 17.8. The number of aryl methyl sites for hydroxylation is 1. The summed E-state index contributed by atoms with van der Waals surface area (Å²) in [5.74, 6) is -1.67. The molecule has 0 saturated heterocycles. The quantitative estimate of drug-likeness (QED) is 0.918. The van der Waals surface area contributed by atoms with Gasteiger partial charge in [-0.05, 0) is 24.6 Å². The van der Waals surface area contributed by atoms with Gasteiger partial charge in [0.15, 0.2) is 0 Å². The summed E-state index contributed by atoms with van der Waals surface area (Å²) in [6, 6.07) is 3.21. The van der Waals surface area contributed by atoms with Gasteiger partial charge in [0.25, 0.3) is 0 Å². The predicted octanol–water partition coefficient (Wildman–Crippen LogP) is 2.48. The number of fused-ring (bicyclic) bond motifs is 1. The molecule has 1 aromatic heterocycles. The smallest absolute Gasteiger partial charge is 0.308 e. The van der Waals surface area contributed by atoms with Gasteiger partial charge in [0.05, 0.1) is 11.6 Å². The van der Waals surface area contributed by atoms with Crippen LogP contribution in [0.4, 0.5) is 8.78 Å². The summed E-state index contributed by atoms with van der Waals surface area (Å²) < 4.78 is 28.6. The first kappa shape index (κ1) is 12.8. The molecule has 1 unspecified atom stereocenters. The number of aliphatic carboxylic acids is 1. The Morgan fingerprint density at radius 1 is 1.40 bits per heavy atom. The van der Waals surface area contributed by atoms with Gasteiger partial charge in [0.2, 0.25) is 0 Å². The molecule has 2 aromatic rings. The van der Waals surface area contributed by atoms with Crippen LogP contribution in [-0.4, -0.2) is 20.6 Å². The lowest BCUT2D eigenvalue weighted by Crippen LogP contribution is -2.26. The van der Waals surface area contributed by atoms with Crippen LogP contribution in [0.3, 0.4) is 0 Å². The molecule has 3 rings (SSSR count). The zero-order valence-corrected chi connectivity index (χ0v) is 10.5. The zero-order valence-electron chi connectivity index (χ0n) is 10.5. The lowest BCUT2D eigenvalue weighted by Gasteiger charge is -2.19. The SMILES string of the molecule is O=C(O)C1CCc2nc(-c3cc(F)ccc3F)cn2C1. The van der Waals surface area contributed by atoms with E-state index in [4.69, 9.17) is 5.11 Å². The predicted molar refractivity (Wildman–Crippen MR) is 67.0 cm³/mol. The van der Waals surface area contributed by atoms with Gasteiger partial charge in [-0.2, -0.15) is 0 Å². The Bertz CT molecular complexity index is 682. The number of benzene rings is 1. The average molecular weight is 278 g/mol. The molecule has 0 saturated carbocycles. The number of aromatic nitrogens is 2. The minimum absolute atomic E-state index is 0.0961. The van der Waals surface area contributed by atoms with Gasteiger partial charge < -0.3 is 9.67 Å². The topological polar surface area (TPSA) is 55.1 Å². The second-order valence-electron chi connectivity index (χ2n) is 4.89. The summed E-state index contributed by atoms with van der Waals surface area (Å²) in [7, 11) is 0. The van der Waals surface area contributed by atoms with Crippen molar-refractivity contribution in [3.05, 3.63) is 41.9 Å². The number of rotatable bonds is 2. The van der Waals surface area contributed by atoms with Gasteiger partial charge in [-0.25, -0.2) is 13.8 Å². The van der Waals surface area contributed by atoms with Gasteiger partial charge in [-0.1, -0.05) is 0 Å². The van der Waals surface area contributed by atoms with Crippen LogP contribution in [0.2, 0.25) is 0 Å². The van der Waals surface area contributed by atoms with Crippen LogP contribution in [0.15, 0.2) is 24.4 Å². The molecule has 4 nitrogen and oxygen atoms in total. The lowest BCUT2D eigenvalue weighted by molar-refractivity contribution is -0.142. The van der Waals surface area contributed by atoms with E-state index in [2.05, 4.69) is 4.98 Å². The molecular formula is C14H12F2N2O2. The number of carboxylic acid groups (broad SMARTS) is 1. The Morgan fingerprint density at radius 3 is 2.95 bits per heavy atom. The van der Waals surface area contributed by atoms with E-state index in [1.807, 2.05) is 0 Å². The Hall–Kier alpha value is -2.24. The van der Waals surface area contributed by atoms with Crippen molar-refractivity contribution < 1.29 is 18.7 Å². The van der Waals surface area contributed by atoms with Crippen LogP contribution in [0.5, 0.6) is 0 Å². The van der Waals surface area contributed by atoms with Crippen LogP contribution < -0.4 is 0 Å². The Kier molecular flexibility index (Phi) is 3.00. The summed E-state index contributed by atoms with van der Waals surface area (Å²) >= 11 is 0. The van der Waals surface area contributed by atoms with Gasteiger partial charge >= 0.3 is 5.97 Å². The van der Waals surface area contributed by atoms with Crippen molar-refractivity contribution in [2.24, 2.45) is 5.92 Å². The average Bonchev–Trinajstić information content (AvgIpc) is 2.83. The van der Waals surface area contributed by atoms with Crippen molar-refractivity contribution >= 4 is 5.97 Å². The number of nitrogens with zero attached hydrogens (tertiary/aromatic N) is 2. The summed E-state index contributed by atoms with van der Waals surface area (Å²) in [5.41, 5.74) is 0.432. The zero-order chi connectivity index (χ0) is 14.3. The van der Waals surface area contributed by atoms with Crippen molar-refractivity contribution in [2.45, 2.75) is 19.4 Å². The maximum Gasteiger partial charge on any atom is 0.308 e. The molecular weight excluding hydrogens is 266 g/mol. The maximum atomic E-state index is 13.7. The molecule has 2 heterocycles. The fourth-order valence-electron chi connectivity index (χ4n) is 2.47. The van der Waals surface area contributed by atoms with E-state index >= 15 is 0 Å². The molecule has 1 atom stereocenters. The molecule has 6 heteroatoms. The molecule has 20 heavy (non-hydrogen) atoms. The third-order valence-corrected chi connectivity index (χ3v) is 3.55. The van der Waals surface area contributed by atoms with E-state index in [0.717, 1.165) is 18.2 Å². The highest BCUT2D eigenvalue weighted by Crippen LogP contribution is 2.27. The highest BCUT2D eigenvalue weighted by Gasteiger charge is 2.26. The van der Waals surface area contributed by atoms with E-state index in [0.29, 0.717) is 30.9 Å². The fourth-order valence-corrected chi connectivity index (χ4v) is 2.47. The molecule has 0 fully saturated rings. The molecule has 0 aliphatic carbocycles. The van der Waals surface area contributed by atoms with Crippen LogP contribution >= 0.6 is 0 Å². The summed E-state index contributed by atoms with van der Waals surface area (Å²) in [6.45, 7) is 0.314. The molecule has 104 valence electrons. The minimum Gasteiger partial charge on any atom is -0.481 e. The van der Waals surface area contributed by atoms with Crippen molar-refractivity contribution in [1.29, 1.82) is 0 Å². The number of carboxylic acids is 1. The number of halogens is 2. The molecule has 1 aliphatic heterocycles. The standard InChI is InChI=1S/C14H12F2N2O2/c15-9-2-3-11(16)10(5-9)12-7-18-6-8(14(19)20)1-4-13(18)17-12/h2-3,5,7-8H,1,4,6H2,(H,19,20). The van der Waals surface area contributed by atoms with E-state index in [1.54, 1.807) is 10.8 Å². The second-order valence-corrected chi connectivity index (χ2v) is 4.89. The van der Waals surface area contributed by atoms with Crippen LogP contribution in [0.1, 0.15) is 12.2 Å². The van der Waals surface area contributed by atoms with Crippen molar-refractivity contribution in [2.75, 3.05) is 0 Å². The van der Waals surface area contributed by atoms with Gasteiger partial charge in [-0.15, -0.1) is 0 Å². The van der Waals surface area contributed by atoms with E-state index in [9.17, 15) is 13.6 Å². The van der Waals surface area contributed by atoms with E-state index in [-0.39, 0.29) is 5.56 Å². The lowest BCUT2D eigenvalue weighted by atomic mass is 10.00. The number of hydrogen-bond donors (Lipinski definition) is 1. The molecule has 1 aliphatic rings. The largest absolute Gasteiger partial charge is 0.481 e. The number of hydrogen-bond acceptors (Lipinski definition) is 2. The fraction of sp³-hybridized carbons (Fsp3) is 0.286. The molecule has 0 radical (unpaired) electrons. The van der Waals surface area contributed by atoms with E-state index in [1.165, 1.54) is 0 Å². The minimum atomic E-state index is -0.845. The van der Waals surface area contributed by atoms with Crippen molar-refractivity contribution in [3.8, 4) is 11.3 Å². The highest BCUT2D eigenvalue weighted by atomic mass is 19.1. The summed E-state index contributed by atoms with van der Waals surface area (Å²) in [6.07, 6.45) is 2.62. The first-order chi connectivity index (χ1) is 9.54. The van der Waals surface area contributed by atoms with Crippen LogP contribution in [0.25, 0.3) is 11.3 Å². The van der Waals surface area contributed by atoms with Crippen LogP contribution in [-0.2, 0) is 17.8 Å². The maximum absolute atomic E-state index is 13.7. The molecule has 1 N–H and O–H groups in total. The molecule has 1 aromatic carbocycles. The van der Waals surface area contributed by atoms with Gasteiger partial charge in [-0.3, -0.25) is 4.79 Å². The van der Waals surface area contributed by atoms with Gasteiger partial charge in [0.1, 0.15) is 17.5 Å². The Balaban J connectivity index is 1.98. The second kappa shape index (κ2) is 4.70. The van der Waals surface area contributed by atoms with E-state index < -0.39 is 23.5 Å². The van der Waals surface area contributed by atoms with Crippen molar-refractivity contribution in [1.82, 2.24) is 9.55 Å².